The van der Waals surface area contributed by atoms with E-state index in [1.165, 1.54) is 16.7 Å². The molecular formula is C25H39NO2. The molecule has 1 fully saturated rings. The molecule has 1 aliphatic rings. The van der Waals surface area contributed by atoms with Crippen LogP contribution in [0, 0.1) is 31.6 Å². The summed E-state index contributed by atoms with van der Waals surface area (Å²) in [6, 6.07) is 6.49. The molecule has 2 unspecified atom stereocenters. The molecule has 0 bridgehead atoms. The van der Waals surface area contributed by atoms with Crippen LogP contribution in [0.2, 0.25) is 0 Å². The second-order valence-electron chi connectivity index (χ2n) is 7.86. The molecule has 1 aromatic carbocycles. The minimum absolute atomic E-state index is 0.231. The number of carbonyl (C=O) groups is 1. The molecule has 1 aliphatic carbocycles. The Morgan fingerprint density at radius 3 is 2.39 bits per heavy atom. The lowest BCUT2D eigenvalue weighted by Crippen LogP contribution is -2.26. The fourth-order valence-electron chi connectivity index (χ4n) is 4.31. The Morgan fingerprint density at radius 2 is 1.86 bits per heavy atom. The van der Waals surface area contributed by atoms with Crippen molar-refractivity contribution >= 4 is 12.2 Å². The number of allylic oxidation sites excluding steroid dienone is 1. The van der Waals surface area contributed by atoms with Crippen LogP contribution in [0.5, 0.6) is 0 Å². The first-order valence-corrected chi connectivity index (χ1v) is 10.8. The molecule has 2 atom stereocenters. The van der Waals surface area contributed by atoms with E-state index in [1.54, 1.807) is 0 Å². The first-order valence-electron chi connectivity index (χ1n) is 10.8. The molecule has 0 aliphatic heterocycles. The molecule has 0 amide bonds. The maximum absolute atomic E-state index is 11.2. The van der Waals surface area contributed by atoms with E-state index in [0.29, 0.717) is 11.8 Å². The van der Waals surface area contributed by atoms with Crippen LogP contribution in [0.25, 0.3) is 0 Å². The van der Waals surface area contributed by atoms with E-state index in [-0.39, 0.29) is 11.8 Å². The van der Waals surface area contributed by atoms with Crippen LogP contribution in [-0.2, 0) is 4.79 Å². The summed E-state index contributed by atoms with van der Waals surface area (Å²) in [4.78, 5) is 15.8. The zero-order valence-corrected chi connectivity index (χ0v) is 18.7. The van der Waals surface area contributed by atoms with E-state index in [1.807, 2.05) is 33.9 Å². The highest BCUT2D eigenvalue weighted by Gasteiger charge is 2.31. The number of aryl methyl sites for hydroxylation is 1. The highest BCUT2D eigenvalue weighted by Crippen LogP contribution is 2.41. The van der Waals surface area contributed by atoms with Gasteiger partial charge in [0.2, 0.25) is 0 Å². The normalized spacial score (nSPS) is 21.5. The van der Waals surface area contributed by atoms with Crippen molar-refractivity contribution in [3.63, 3.8) is 0 Å². The number of carboxylic acid groups (broad SMARTS) is 1. The Hall–Kier alpha value is -1.90. The highest BCUT2D eigenvalue weighted by molar-refractivity contribution is 5.69. The van der Waals surface area contributed by atoms with Crippen molar-refractivity contribution in [3.05, 3.63) is 47.2 Å². The minimum Gasteiger partial charge on any atom is -0.481 e. The van der Waals surface area contributed by atoms with Crippen molar-refractivity contribution in [3.8, 4) is 0 Å². The molecule has 156 valence electrons. The fourth-order valence-corrected chi connectivity index (χ4v) is 4.31. The van der Waals surface area contributed by atoms with Crippen molar-refractivity contribution in [2.75, 3.05) is 0 Å². The summed E-state index contributed by atoms with van der Waals surface area (Å²) in [6.07, 6.45) is 7.11. The van der Waals surface area contributed by atoms with Gasteiger partial charge in [-0.1, -0.05) is 58.4 Å². The van der Waals surface area contributed by atoms with Gasteiger partial charge in [0.05, 0.1) is 5.92 Å². The number of carboxylic acids is 1. The number of nitrogens with zero attached hydrogens (tertiary/aromatic N) is 1. The molecule has 1 N–H and O–H groups in total. The third-order valence-corrected chi connectivity index (χ3v) is 6.28. The SMILES string of the molecule is C=C(N=CC)C(CC1CCC(C(C)C(=O)O)CC1)c1cccc(C)c1C.CC. The van der Waals surface area contributed by atoms with E-state index in [9.17, 15) is 9.90 Å². The van der Waals surface area contributed by atoms with E-state index in [2.05, 4.69) is 43.6 Å². The van der Waals surface area contributed by atoms with Gasteiger partial charge in [0.1, 0.15) is 0 Å². The summed E-state index contributed by atoms with van der Waals surface area (Å²) < 4.78 is 0. The van der Waals surface area contributed by atoms with Crippen LogP contribution in [0.3, 0.4) is 0 Å². The van der Waals surface area contributed by atoms with Gasteiger partial charge in [-0.05, 0) is 68.6 Å². The van der Waals surface area contributed by atoms with Crippen molar-refractivity contribution in [2.45, 2.75) is 79.6 Å². The molecule has 2 rings (SSSR count). The van der Waals surface area contributed by atoms with Crippen molar-refractivity contribution in [2.24, 2.45) is 22.7 Å². The molecule has 28 heavy (non-hydrogen) atoms. The predicted molar refractivity (Wildman–Crippen MR) is 120 cm³/mol. The molecule has 0 saturated heterocycles. The topological polar surface area (TPSA) is 49.7 Å². The number of rotatable bonds is 7. The Bertz CT molecular complexity index is 669. The second kappa shape index (κ2) is 11.8. The monoisotopic (exact) mass is 385 g/mol. The van der Waals surface area contributed by atoms with E-state index < -0.39 is 5.97 Å². The number of hydrogen-bond donors (Lipinski definition) is 1. The Balaban J connectivity index is 0.00000190. The first-order chi connectivity index (χ1) is 13.3. The van der Waals surface area contributed by atoms with Gasteiger partial charge in [0.25, 0.3) is 0 Å². The third-order valence-electron chi connectivity index (χ3n) is 6.28. The smallest absolute Gasteiger partial charge is 0.306 e. The summed E-state index contributed by atoms with van der Waals surface area (Å²) in [6.45, 7) is 16.4. The van der Waals surface area contributed by atoms with Gasteiger partial charge in [-0.15, -0.1) is 0 Å². The lowest BCUT2D eigenvalue weighted by atomic mass is 9.72. The van der Waals surface area contributed by atoms with Gasteiger partial charge < -0.3 is 5.11 Å². The summed E-state index contributed by atoms with van der Waals surface area (Å²) >= 11 is 0. The number of aliphatic imine (C=N–C) groups is 1. The minimum atomic E-state index is -0.660. The van der Waals surface area contributed by atoms with Gasteiger partial charge in [-0.25, -0.2) is 0 Å². The summed E-state index contributed by atoms with van der Waals surface area (Å²) in [5.74, 6) is 0.281. The van der Waals surface area contributed by atoms with Crippen molar-refractivity contribution < 1.29 is 9.90 Å². The predicted octanol–water partition coefficient (Wildman–Crippen LogP) is 6.93. The zero-order valence-electron chi connectivity index (χ0n) is 18.7. The van der Waals surface area contributed by atoms with Gasteiger partial charge in [0, 0.05) is 17.8 Å². The molecule has 3 heteroatoms. The summed E-state index contributed by atoms with van der Waals surface area (Å²) in [7, 11) is 0. The lowest BCUT2D eigenvalue weighted by molar-refractivity contribution is -0.143. The molecule has 0 heterocycles. The molecule has 0 radical (unpaired) electrons. The van der Waals surface area contributed by atoms with Crippen LogP contribution in [0.1, 0.15) is 82.4 Å². The number of hydrogen-bond acceptors (Lipinski definition) is 2. The van der Waals surface area contributed by atoms with Crippen LogP contribution in [-0.4, -0.2) is 17.3 Å². The largest absolute Gasteiger partial charge is 0.481 e. The van der Waals surface area contributed by atoms with Crippen LogP contribution in [0.15, 0.2) is 35.5 Å². The van der Waals surface area contributed by atoms with E-state index >= 15 is 0 Å². The van der Waals surface area contributed by atoms with E-state index in [4.69, 9.17) is 0 Å². The van der Waals surface area contributed by atoms with Crippen LogP contribution in [0.4, 0.5) is 0 Å². The Labute approximate surface area is 172 Å². The lowest BCUT2D eigenvalue weighted by Gasteiger charge is -2.33. The maximum atomic E-state index is 11.2. The molecule has 1 saturated carbocycles. The zero-order chi connectivity index (χ0) is 21.3. The molecule has 0 aromatic heterocycles. The van der Waals surface area contributed by atoms with E-state index in [0.717, 1.165) is 37.8 Å². The first kappa shape index (κ1) is 24.1. The number of benzene rings is 1. The second-order valence-corrected chi connectivity index (χ2v) is 7.86. The summed E-state index contributed by atoms with van der Waals surface area (Å²) in [5.41, 5.74) is 4.90. The van der Waals surface area contributed by atoms with Gasteiger partial charge >= 0.3 is 5.97 Å². The molecule has 3 nitrogen and oxygen atoms in total. The van der Waals surface area contributed by atoms with Gasteiger partial charge in [-0.3, -0.25) is 9.79 Å². The molecular weight excluding hydrogens is 346 g/mol. The molecule has 0 spiro atoms. The van der Waals surface area contributed by atoms with Crippen LogP contribution < -0.4 is 0 Å². The number of aliphatic carboxylic acids is 1. The van der Waals surface area contributed by atoms with Gasteiger partial charge in [-0.2, -0.15) is 0 Å². The third kappa shape index (κ3) is 6.32. The summed E-state index contributed by atoms with van der Waals surface area (Å²) in [5, 5.41) is 9.26. The quantitative estimate of drug-likeness (QED) is 0.517. The molecule has 1 aromatic rings. The standard InChI is InChI=1S/C23H33NO2.C2H6/c1-6-24-18(5)22(21-9-7-8-15(2)16(21)3)14-19-10-12-20(13-11-19)17(4)23(25)26;1-2/h6-9,17,19-20,22H,5,10-14H2,1-4H3,(H,25,26);1-2H3. The fraction of sp³-hybridized carbons (Fsp3) is 0.600. The highest BCUT2D eigenvalue weighted by atomic mass is 16.4. The average Bonchev–Trinajstić information content (AvgIpc) is 2.70. The Kier molecular flexibility index (Phi) is 10.2. The van der Waals surface area contributed by atoms with Crippen molar-refractivity contribution in [1.82, 2.24) is 0 Å². The van der Waals surface area contributed by atoms with Crippen LogP contribution >= 0.6 is 0 Å². The van der Waals surface area contributed by atoms with Gasteiger partial charge in [0.15, 0.2) is 0 Å². The van der Waals surface area contributed by atoms with Crippen molar-refractivity contribution in [1.29, 1.82) is 0 Å². The Morgan fingerprint density at radius 1 is 1.25 bits per heavy atom. The average molecular weight is 386 g/mol. The maximum Gasteiger partial charge on any atom is 0.306 e.